The van der Waals surface area contributed by atoms with Crippen LogP contribution in [-0.4, -0.2) is 30.4 Å². The van der Waals surface area contributed by atoms with Crippen LogP contribution in [0.3, 0.4) is 0 Å². The minimum atomic E-state index is -1.99. The molecule has 2 heterocycles. The average molecular weight is 632 g/mol. The Labute approximate surface area is 218 Å². The third-order valence-corrected chi connectivity index (χ3v) is 4.29. The Morgan fingerprint density at radius 3 is 1.07 bits per heavy atom. The molecule has 0 saturated carbocycles. The SMILES string of the molecule is ClC(Cl)(Cl)c1ccnnn1.ClC(Cl)(Cl)c1nc(C(Cl)(Cl)Cl)nc(C(Cl)(Cl)Cl)n1. The summed E-state index contributed by atoms with van der Waals surface area (Å²) in [6, 6.07) is 1.49. The van der Waals surface area contributed by atoms with Crippen LogP contribution in [0.2, 0.25) is 0 Å². The third kappa shape index (κ3) is 9.33. The van der Waals surface area contributed by atoms with Crippen molar-refractivity contribution in [2.45, 2.75) is 15.2 Å². The van der Waals surface area contributed by atoms with Crippen LogP contribution >= 0.6 is 139 Å². The van der Waals surface area contributed by atoms with Gasteiger partial charge in [-0.05, 0) is 11.3 Å². The zero-order valence-electron chi connectivity index (χ0n) is 12.4. The molecule has 2 rings (SSSR count). The van der Waals surface area contributed by atoms with Crippen LogP contribution in [0.15, 0.2) is 12.3 Å². The normalized spacial score (nSPS) is 13.0. The fourth-order valence-corrected chi connectivity index (χ4v) is 2.21. The molecule has 18 heteroatoms. The van der Waals surface area contributed by atoms with Gasteiger partial charge in [-0.25, -0.2) is 15.0 Å². The van der Waals surface area contributed by atoms with Gasteiger partial charge in [-0.3, -0.25) is 0 Å². The highest BCUT2D eigenvalue weighted by molar-refractivity contribution is 6.68. The number of halogens is 12. The molecular formula is C10H2Cl12N6. The predicted molar refractivity (Wildman–Crippen MR) is 117 cm³/mol. The molecule has 0 atom stereocenters. The minimum absolute atomic E-state index is 0.271. The van der Waals surface area contributed by atoms with Crippen molar-refractivity contribution in [2.24, 2.45) is 0 Å². The predicted octanol–water partition coefficient (Wildman–Crippen LogP) is 7.05. The molecule has 0 N–H and O–H groups in total. The molecule has 0 aliphatic rings. The van der Waals surface area contributed by atoms with Crippen molar-refractivity contribution in [3.63, 3.8) is 0 Å². The van der Waals surface area contributed by atoms with Crippen molar-refractivity contribution < 1.29 is 0 Å². The molecule has 0 saturated heterocycles. The van der Waals surface area contributed by atoms with E-state index < -0.39 is 15.2 Å². The molecule has 6 nitrogen and oxygen atoms in total. The van der Waals surface area contributed by atoms with Gasteiger partial charge in [0.1, 0.15) is 5.69 Å². The Bertz CT molecular complexity index is 700. The number of aromatic nitrogens is 6. The molecule has 0 fully saturated rings. The maximum Gasteiger partial charge on any atom is 0.250 e. The van der Waals surface area contributed by atoms with Gasteiger partial charge in [0, 0.05) is 0 Å². The van der Waals surface area contributed by atoms with Crippen molar-refractivity contribution in [1.29, 1.82) is 0 Å². The minimum Gasteiger partial charge on any atom is -0.209 e. The third-order valence-electron chi connectivity index (χ3n) is 2.19. The molecule has 0 unspecified atom stereocenters. The lowest BCUT2D eigenvalue weighted by Gasteiger charge is -2.17. The molecule has 0 aromatic carbocycles. The van der Waals surface area contributed by atoms with Crippen molar-refractivity contribution in [3.05, 3.63) is 35.4 Å². The first-order valence-electron chi connectivity index (χ1n) is 6.11. The number of alkyl halides is 12. The number of hydrogen-bond donors (Lipinski definition) is 0. The molecule has 156 valence electrons. The summed E-state index contributed by atoms with van der Waals surface area (Å²) in [6.45, 7) is 0. The van der Waals surface area contributed by atoms with E-state index in [1.54, 1.807) is 0 Å². The van der Waals surface area contributed by atoms with Crippen molar-refractivity contribution in [1.82, 2.24) is 30.4 Å². The number of hydrogen-bond acceptors (Lipinski definition) is 6. The Kier molecular flexibility index (Phi) is 10.2. The van der Waals surface area contributed by atoms with E-state index in [1.807, 2.05) is 0 Å². The van der Waals surface area contributed by atoms with Gasteiger partial charge in [-0.15, -0.1) is 10.2 Å². The summed E-state index contributed by atoms with van der Waals surface area (Å²) in [5.74, 6) is -0.986. The highest BCUT2D eigenvalue weighted by Gasteiger charge is 2.37. The van der Waals surface area contributed by atoms with Crippen LogP contribution in [0, 0.1) is 0 Å². The molecule has 0 amide bonds. The summed E-state index contributed by atoms with van der Waals surface area (Å²) in [5.41, 5.74) is 0.271. The molecular weight excluding hydrogens is 630 g/mol. The van der Waals surface area contributed by atoms with E-state index in [2.05, 4.69) is 30.4 Å². The van der Waals surface area contributed by atoms with Gasteiger partial charge in [0.15, 0.2) is 17.5 Å². The Balaban J connectivity index is 0.000000330. The van der Waals surface area contributed by atoms with Crippen LogP contribution in [0.1, 0.15) is 23.2 Å². The molecule has 0 aliphatic carbocycles. The summed E-state index contributed by atoms with van der Waals surface area (Å²) in [4.78, 5) is 11.1. The molecule has 2 aromatic heterocycles. The van der Waals surface area contributed by atoms with Crippen LogP contribution in [0.25, 0.3) is 0 Å². The summed E-state index contributed by atoms with van der Waals surface area (Å²) >= 11 is 67.0. The second-order valence-electron chi connectivity index (χ2n) is 4.30. The standard InChI is InChI=1S/C6Cl9N3.C4H2Cl3N3/c7-4(8,9)1-16-2(5(10,11)12)18-3(17-1)6(13,14)15;5-4(6,7)3-1-2-8-10-9-3/h;1-2H. The zero-order chi connectivity index (χ0) is 22.0. The van der Waals surface area contributed by atoms with Crippen molar-refractivity contribution in [2.75, 3.05) is 0 Å². The second-order valence-corrected chi connectivity index (χ2v) is 13.4. The number of nitrogens with zero attached hydrogens (tertiary/aromatic N) is 6. The number of rotatable bonds is 0. The zero-order valence-corrected chi connectivity index (χ0v) is 21.4. The quantitative estimate of drug-likeness (QED) is 0.290. The van der Waals surface area contributed by atoms with Gasteiger partial charge in [-0.2, -0.15) is 0 Å². The summed E-state index contributed by atoms with van der Waals surface area (Å²) in [5, 5.41) is 10.2. The van der Waals surface area contributed by atoms with Gasteiger partial charge in [0.05, 0.1) is 6.20 Å². The van der Waals surface area contributed by atoms with Gasteiger partial charge >= 0.3 is 0 Å². The Hall–Kier alpha value is 1.50. The maximum atomic E-state index is 5.62. The van der Waals surface area contributed by atoms with E-state index in [9.17, 15) is 0 Å². The maximum absolute atomic E-state index is 5.62. The van der Waals surface area contributed by atoms with E-state index in [-0.39, 0.29) is 23.2 Å². The fourth-order valence-electron chi connectivity index (χ4n) is 1.15. The largest absolute Gasteiger partial charge is 0.250 e. The summed E-state index contributed by atoms with van der Waals surface area (Å²) < 4.78 is -7.47. The van der Waals surface area contributed by atoms with E-state index in [1.165, 1.54) is 12.3 Å². The van der Waals surface area contributed by atoms with E-state index >= 15 is 0 Å². The molecule has 0 aliphatic heterocycles. The Morgan fingerprint density at radius 2 is 0.893 bits per heavy atom. The van der Waals surface area contributed by atoms with Gasteiger partial charge < -0.3 is 0 Å². The second kappa shape index (κ2) is 10.4. The van der Waals surface area contributed by atoms with Crippen LogP contribution in [0.5, 0.6) is 0 Å². The van der Waals surface area contributed by atoms with E-state index in [4.69, 9.17) is 139 Å². The molecule has 0 radical (unpaired) electrons. The Morgan fingerprint density at radius 1 is 0.536 bits per heavy atom. The summed E-state index contributed by atoms with van der Waals surface area (Å²) in [6.07, 6.45) is 1.41. The van der Waals surface area contributed by atoms with E-state index in [0.29, 0.717) is 0 Å². The molecule has 0 bridgehead atoms. The van der Waals surface area contributed by atoms with Crippen LogP contribution in [0.4, 0.5) is 0 Å². The van der Waals surface area contributed by atoms with Crippen molar-refractivity contribution >= 4 is 139 Å². The fraction of sp³-hybridized carbons (Fsp3) is 0.400. The topological polar surface area (TPSA) is 77.3 Å². The first-order valence-corrected chi connectivity index (χ1v) is 10.6. The van der Waals surface area contributed by atoms with Gasteiger partial charge in [-0.1, -0.05) is 139 Å². The highest BCUT2D eigenvalue weighted by Crippen LogP contribution is 2.43. The lowest BCUT2D eigenvalue weighted by molar-refractivity contribution is 0.789. The molecule has 28 heavy (non-hydrogen) atoms. The van der Waals surface area contributed by atoms with Gasteiger partial charge in [0.25, 0.3) is 0 Å². The highest BCUT2D eigenvalue weighted by atomic mass is 35.6. The molecule has 0 spiro atoms. The van der Waals surface area contributed by atoms with Crippen LogP contribution < -0.4 is 0 Å². The van der Waals surface area contributed by atoms with Crippen LogP contribution in [-0.2, 0) is 15.2 Å². The average Bonchev–Trinajstić information content (AvgIpc) is 2.52. The summed E-state index contributed by atoms with van der Waals surface area (Å²) in [7, 11) is 0. The lowest BCUT2D eigenvalue weighted by atomic mass is 10.5. The smallest absolute Gasteiger partial charge is 0.209 e. The van der Waals surface area contributed by atoms with E-state index in [0.717, 1.165) is 0 Å². The lowest BCUT2D eigenvalue weighted by Crippen LogP contribution is -2.21. The molecule has 2 aromatic rings. The first-order chi connectivity index (χ1) is 12.4. The monoisotopic (exact) mass is 626 g/mol. The van der Waals surface area contributed by atoms with Gasteiger partial charge in [0.2, 0.25) is 15.2 Å². The van der Waals surface area contributed by atoms with Crippen molar-refractivity contribution in [3.8, 4) is 0 Å². The first kappa shape index (κ1) is 27.5.